The predicted octanol–water partition coefficient (Wildman–Crippen LogP) is 3.04. The average molecular weight is 183 g/mol. The lowest BCUT2D eigenvalue weighted by molar-refractivity contribution is 0.610. The molecule has 0 spiro atoms. The van der Waals surface area contributed by atoms with E-state index in [9.17, 15) is 4.39 Å². The normalized spacial score (nSPS) is 9.42. The lowest BCUT2D eigenvalue weighted by Gasteiger charge is -2.00. The highest BCUT2D eigenvalue weighted by atomic mass is 35.5. The number of benzene rings is 1. The van der Waals surface area contributed by atoms with E-state index in [2.05, 4.69) is 5.92 Å². The van der Waals surface area contributed by atoms with E-state index in [1.54, 1.807) is 6.07 Å². The van der Waals surface area contributed by atoms with Gasteiger partial charge in [0.05, 0.1) is 0 Å². The van der Waals surface area contributed by atoms with Crippen LogP contribution in [0.2, 0.25) is 5.02 Å². The van der Waals surface area contributed by atoms with Gasteiger partial charge >= 0.3 is 0 Å². The number of halogens is 2. The van der Waals surface area contributed by atoms with Gasteiger partial charge < -0.3 is 0 Å². The summed E-state index contributed by atoms with van der Waals surface area (Å²) in [4.78, 5) is 0. The molecule has 1 rings (SSSR count). The molecule has 1 aromatic rings. The topological polar surface area (TPSA) is 0 Å². The van der Waals surface area contributed by atoms with Crippen molar-refractivity contribution in [3.8, 4) is 12.3 Å². The molecule has 0 saturated heterocycles. The molecule has 12 heavy (non-hydrogen) atoms. The third-order valence-corrected chi connectivity index (χ3v) is 1.78. The Morgan fingerprint density at radius 3 is 2.92 bits per heavy atom. The fraction of sp³-hybridized carbons (Fsp3) is 0.200. The van der Waals surface area contributed by atoms with E-state index in [1.807, 2.05) is 0 Å². The van der Waals surface area contributed by atoms with Gasteiger partial charge in [0.25, 0.3) is 0 Å². The summed E-state index contributed by atoms with van der Waals surface area (Å²) in [5, 5.41) is 0.545. The second kappa shape index (κ2) is 4.13. The van der Waals surface area contributed by atoms with Crippen molar-refractivity contribution in [2.75, 3.05) is 0 Å². The summed E-state index contributed by atoms with van der Waals surface area (Å²) in [6, 6.07) is 4.48. The van der Waals surface area contributed by atoms with E-state index in [4.69, 9.17) is 18.0 Å². The number of hydrogen-bond donors (Lipinski definition) is 0. The second-order valence-corrected chi connectivity index (χ2v) is 2.88. The summed E-state index contributed by atoms with van der Waals surface area (Å²) in [5.41, 5.74) is 0.584. The third-order valence-electron chi connectivity index (χ3n) is 1.55. The number of hydrogen-bond acceptors (Lipinski definition) is 0. The SMILES string of the molecule is C#CCCc1cc(Cl)ccc1F. The maximum Gasteiger partial charge on any atom is 0.126 e. The molecule has 0 aromatic heterocycles. The number of terminal acetylenes is 1. The third kappa shape index (κ3) is 2.25. The standard InChI is InChI=1S/C10H8ClF/c1-2-3-4-8-7-9(11)5-6-10(8)12/h1,5-7H,3-4H2. The van der Waals surface area contributed by atoms with Crippen LogP contribution in [0.4, 0.5) is 4.39 Å². The molecule has 0 fully saturated rings. The van der Waals surface area contributed by atoms with Crippen LogP contribution in [0.15, 0.2) is 18.2 Å². The van der Waals surface area contributed by atoms with Crippen molar-refractivity contribution in [2.45, 2.75) is 12.8 Å². The van der Waals surface area contributed by atoms with E-state index >= 15 is 0 Å². The molecule has 0 bridgehead atoms. The first-order valence-corrected chi connectivity index (χ1v) is 3.99. The Morgan fingerprint density at radius 2 is 2.25 bits per heavy atom. The first-order valence-electron chi connectivity index (χ1n) is 3.61. The Labute approximate surface area is 76.4 Å². The molecule has 0 aliphatic carbocycles. The van der Waals surface area contributed by atoms with Crippen molar-refractivity contribution < 1.29 is 4.39 Å². The molecule has 0 unspecified atom stereocenters. The van der Waals surface area contributed by atoms with Crippen LogP contribution in [0.5, 0.6) is 0 Å². The predicted molar refractivity (Wildman–Crippen MR) is 48.6 cm³/mol. The van der Waals surface area contributed by atoms with Crippen LogP contribution in [0.1, 0.15) is 12.0 Å². The van der Waals surface area contributed by atoms with Gasteiger partial charge in [0.2, 0.25) is 0 Å². The van der Waals surface area contributed by atoms with Crippen molar-refractivity contribution in [2.24, 2.45) is 0 Å². The first kappa shape index (κ1) is 9.09. The highest BCUT2D eigenvalue weighted by molar-refractivity contribution is 6.30. The molecule has 0 saturated carbocycles. The quantitative estimate of drug-likeness (QED) is 0.617. The van der Waals surface area contributed by atoms with Gasteiger partial charge in [-0.3, -0.25) is 0 Å². The smallest absolute Gasteiger partial charge is 0.126 e. The molecule has 0 aliphatic rings. The van der Waals surface area contributed by atoms with Gasteiger partial charge in [-0.05, 0) is 30.2 Å². The maximum atomic E-state index is 13.0. The number of rotatable bonds is 2. The van der Waals surface area contributed by atoms with Crippen LogP contribution >= 0.6 is 11.6 Å². The van der Waals surface area contributed by atoms with Crippen molar-refractivity contribution >= 4 is 11.6 Å². The molecule has 1 aromatic carbocycles. The van der Waals surface area contributed by atoms with Gasteiger partial charge in [-0.2, -0.15) is 0 Å². The zero-order valence-corrected chi connectivity index (χ0v) is 7.24. The Bertz CT molecular complexity index is 312. The molecule has 62 valence electrons. The summed E-state index contributed by atoms with van der Waals surface area (Å²) in [7, 11) is 0. The molecule has 0 aliphatic heterocycles. The molecule has 0 atom stereocenters. The van der Waals surface area contributed by atoms with Crippen molar-refractivity contribution in [3.63, 3.8) is 0 Å². The molecular formula is C10H8ClF. The molecule has 0 N–H and O–H groups in total. The molecule has 0 amide bonds. The minimum Gasteiger partial charge on any atom is -0.207 e. The van der Waals surface area contributed by atoms with Crippen LogP contribution in [0.3, 0.4) is 0 Å². The molecule has 0 radical (unpaired) electrons. The monoisotopic (exact) mass is 182 g/mol. The highest BCUT2D eigenvalue weighted by Crippen LogP contribution is 2.15. The van der Waals surface area contributed by atoms with Crippen LogP contribution in [-0.4, -0.2) is 0 Å². The Hall–Kier alpha value is -1.00. The minimum absolute atomic E-state index is 0.241. The van der Waals surface area contributed by atoms with Gasteiger partial charge in [-0.25, -0.2) is 4.39 Å². The van der Waals surface area contributed by atoms with Gasteiger partial charge in [0.1, 0.15) is 5.82 Å². The first-order chi connectivity index (χ1) is 5.74. The Balaban J connectivity index is 2.84. The van der Waals surface area contributed by atoms with E-state index in [0.717, 1.165) is 0 Å². The second-order valence-electron chi connectivity index (χ2n) is 2.44. The highest BCUT2D eigenvalue weighted by Gasteiger charge is 2.00. The van der Waals surface area contributed by atoms with Gasteiger partial charge in [0.15, 0.2) is 0 Å². The van der Waals surface area contributed by atoms with E-state index < -0.39 is 0 Å². The summed E-state index contributed by atoms with van der Waals surface area (Å²) >= 11 is 5.68. The van der Waals surface area contributed by atoms with Crippen LogP contribution in [0, 0.1) is 18.2 Å². The van der Waals surface area contributed by atoms with Crippen molar-refractivity contribution in [1.29, 1.82) is 0 Å². The summed E-state index contributed by atoms with van der Waals surface area (Å²) < 4.78 is 13.0. The Kier molecular flexibility index (Phi) is 3.13. The lowest BCUT2D eigenvalue weighted by Crippen LogP contribution is -1.89. The summed E-state index contributed by atoms with van der Waals surface area (Å²) in [5.74, 6) is 2.21. The largest absolute Gasteiger partial charge is 0.207 e. The fourth-order valence-corrected chi connectivity index (χ4v) is 1.14. The maximum absolute atomic E-state index is 13.0. The molecule has 0 heterocycles. The molecule has 2 heteroatoms. The average Bonchev–Trinajstić information content (AvgIpc) is 2.07. The number of aryl methyl sites for hydroxylation is 1. The van der Waals surface area contributed by atoms with Gasteiger partial charge in [0, 0.05) is 11.4 Å². The van der Waals surface area contributed by atoms with Gasteiger partial charge in [-0.1, -0.05) is 11.6 Å². The van der Waals surface area contributed by atoms with E-state index in [1.165, 1.54) is 12.1 Å². The minimum atomic E-state index is -0.241. The van der Waals surface area contributed by atoms with Gasteiger partial charge in [-0.15, -0.1) is 12.3 Å². The summed E-state index contributed by atoms with van der Waals surface area (Å²) in [6.07, 6.45) is 6.14. The van der Waals surface area contributed by atoms with Crippen LogP contribution in [-0.2, 0) is 6.42 Å². The summed E-state index contributed by atoms with van der Waals surface area (Å²) in [6.45, 7) is 0. The van der Waals surface area contributed by atoms with Crippen molar-refractivity contribution in [1.82, 2.24) is 0 Å². The fourth-order valence-electron chi connectivity index (χ4n) is 0.942. The van der Waals surface area contributed by atoms with Crippen LogP contribution in [0.25, 0.3) is 0 Å². The van der Waals surface area contributed by atoms with Crippen molar-refractivity contribution in [3.05, 3.63) is 34.6 Å². The van der Waals surface area contributed by atoms with E-state index in [0.29, 0.717) is 23.4 Å². The zero-order chi connectivity index (χ0) is 8.97. The zero-order valence-electron chi connectivity index (χ0n) is 6.48. The van der Waals surface area contributed by atoms with Crippen LogP contribution < -0.4 is 0 Å². The molecular weight excluding hydrogens is 175 g/mol. The van der Waals surface area contributed by atoms with E-state index in [-0.39, 0.29) is 5.82 Å². The molecule has 0 nitrogen and oxygen atoms in total. The lowest BCUT2D eigenvalue weighted by atomic mass is 10.1. The Morgan fingerprint density at radius 1 is 1.50 bits per heavy atom.